The lowest BCUT2D eigenvalue weighted by molar-refractivity contribution is -0.118. The van der Waals surface area contributed by atoms with Crippen molar-refractivity contribution in [3.8, 4) is 23.1 Å². The van der Waals surface area contributed by atoms with Gasteiger partial charge in [0.05, 0.1) is 10.9 Å². The first kappa shape index (κ1) is 22.9. The van der Waals surface area contributed by atoms with E-state index in [9.17, 15) is 14.9 Å². The number of nitriles is 1. The van der Waals surface area contributed by atoms with Gasteiger partial charge in [0.1, 0.15) is 16.7 Å². The van der Waals surface area contributed by atoms with E-state index in [1.807, 2.05) is 51.1 Å². The minimum atomic E-state index is -0.434. The predicted molar refractivity (Wildman–Crippen MR) is 137 cm³/mol. The summed E-state index contributed by atoms with van der Waals surface area (Å²) < 4.78 is 12.0. The average Bonchev–Trinajstić information content (AvgIpc) is 3.40. The van der Waals surface area contributed by atoms with E-state index >= 15 is 0 Å². The first-order valence-corrected chi connectivity index (χ1v) is 12.3. The Morgan fingerprint density at radius 1 is 1.14 bits per heavy atom. The van der Waals surface area contributed by atoms with Gasteiger partial charge in [0.15, 0.2) is 12.4 Å². The summed E-state index contributed by atoms with van der Waals surface area (Å²) in [7, 11) is 0. The number of amides is 1. The van der Waals surface area contributed by atoms with Crippen LogP contribution in [0.3, 0.4) is 0 Å². The summed E-state index contributed by atoms with van der Waals surface area (Å²) in [6.07, 6.45) is 2.82. The molecule has 1 aliphatic carbocycles. The molecule has 1 N–H and O–H groups in total. The lowest BCUT2D eigenvalue weighted by Crippen LogP contribution is -2.22. The molecule has 0 saturated heterocycles. The molecular weight excluding hydrogens is 460 g/mol. The Morgan fingerprint density at radius 3 is 2.66 bits per heavy atom. The summed E-state index contributed by atoms with van der Waals surface area (Å²) >= 11 is 1.44. The number of ether oxygens (including phenoxy) is 1. The SMILES string of the molecule is Cc1ccc(-c2oc3c(C)cc(C)cc3c(=O)c2OCC(=O)Nc2sc3c(c2C#N)CCC3)cc1. The van der Waals surface area contributed by atoms with Crippen molar-refractivity contribution in [3.63, 3.8) is 0 Å². The molecule has 0 radical (unpaired) electrons. The normalized spacial score (nSPS) is 12.4. The molecule has 1 amide bonds. The van der Waals surface area contributed by atoms with Gasteiger partial charge in [0, 0.05) is 10.4 Å². The molecule has 176 valence electrons. The number of rotatable bonds is 5. The molecule has 2 aromatic heterocycles. The van der Waals surface area contributed by atoms with Crippen molar-refractivity contribution in [2.75, 3.05) is 11.9 Å². The third-order valence-corrected chi connectivity index (χ3v) is 7.43. The van der Waals surface area contributed by atoms with Crippen LogP contribution < -0.4 is 15.5 Å². The van der Waals surface area contributed by atoms with Crippen molar-refractivity contribution >= 4 is 33.2 Å². The lowest BCUT2D eigenvalue weighted by atomic mass is 10.0. The molecule has 0 atom stereocenters. The Labute approximate surface area is 206 Å². The fourth-order valence-corrected chi connectivity index (χ4v) is 5.83. The van der Waals surface area contributed by atoms with Gasteiger partial charge >= 0.3 is 0 Å². The number of hydrogen-bond acceptors (Lipinski definition) is 6. The van der Waals surface area contributed by atoms with E-state index in [0.717, 1.165) is 46.4 Å². The van der Waals surface area contributed by atoms with Crippen LogP contribution in [0.5, 0.6) is 5.75 Å². The highest BCUT2D eigenvalue weighted by atomic mass is 32.1. The van der Waals surface area contributed by atoms with E-state index in [1.165, 1.54) is 11.3 Å². The molecule has 2 aromatic carbocycles. The zero-order valence-electron chi connectivity index (χ0n) is 19.8. The van der Waals surface area contributed by atoms with Gasteiger partial charge in [-0.1, -0.05) is 35.9 Å². The Morgan fingerprint density at radius 2 is 1.91 bits per heavy atom. The minimum absolute atomic E-state index is 0.00400. The number of aryl methyl sites for hydroxylation is 4. The van der Waals surface area contributed by atoms with Gasteiger partial charge in [-0.2, -0.15) is 5.26 Å². The highest BCUT2D eigenvalue weighted by Crippen LogP contribution is 2.38. The second-order valence-electron chi connectivity index (χ2n) is 8.92. The van der Waals surface area contributed by atoms with Crippen LogP contribution in [0.1, 0.15) is 39.1 Å². The first-order chi connectivity index (χ1) is 16.9. The summed E-state index contributed by atoms with van der Waals surface area (Å²) in [5, 5.41) is 13.3. The smallest absolute Gasteiger partial charge is 0.262 e. The van der Waals surface area contributed by atoms with E-state index in [2.05, 4.69) is 11.4 Å². The van der Waals surface area contributed by atoms with Crippen molar-refractivity contribution in [2.24, 2.45) is 0 Å². The van der Waals surface area contributed by atoms with Gasteiger partial charge in [-0.3, -0.25) is 9.59 Å². The van der Waals surface area contributed by atoms with Gasteiger partial charge in [-0.15, -0.1) is 11.3 Å². The van der Waals surface area contributed by atoms with Crippen molar-refractivity contribution in [2.45, 2.75) is 40.0 Å². The maximum absolute atomic E-state index is 13.5. The molecule has 7 heteroatoms. The highest BCUT2D eigenvalue weighted by molar-refractivity contribution is 7.16. The Kier molecular flexibility index (Phi) is 5.91. The van der Waals surface area contributed by atoms with Gasteiger partial charge in [0.2, 0.25) is 11.2 Å². The van der Waals surface area contributed by atoms with Crippen LogP contribution in [0.15, 0.2) is 45.6 Å². The van der Waals surface area contributed by atoms with Gasteiger partial charge in [0.25, 0.3) is 5.91 Å². The number of thiophene rings is 1. The van der Waals surface area contributed by atoms with E-state index < -0.39 is 5.91 Å². The van der Waals surface area contributed by atoms with Crippen LogP contribution >= 0.6 is 11.3 Å². The second-order valence-corrected chi connectivity index (χ2v) is 10.0. The number of carbonyl (C=O) groups is 1. The van der Waals surface area contributed by atoms with Crippen LogP contribution in [-0.2, 0) is 17.6 Å². The number of nitrogens with one attached hydrogen (secondary N) is 1. The van der Waals surface area contributed by atoms with Crippen molar-refractivity contribution < 1.29 is 13.9 Å². The van der Waals surface area contributed by atoms with Gasteiger partial charge in [-0.05, 0) is 62.8 Å². The molecular formula is C28H24N2O4S. The third-order valence-electron chi connectivity index (χ3n) is 6.23. The number of carbonyl (C=O) groups excluding carboxylic acids is 1. The summed E-state index contributed by atoms with van der Waals surface area (Å²) in [6, 6.07) is 13.5. The van der Waals surface area contributed by atoms with E-state index in [4.69, 9.17) is 9.15 Å². The topological polar surface area (TPSA) is 92.3 Å². The number of anilines is 1. The fourth-order valence-electron chi connectivity index (χ4n) is 4.57. The lowest BCUT2D eigenvalue weighted by Gasteiger charge is -2.13. The molecule has 4 aromatic rings. The number of fused-ring (bicyclic) bond motifs is 2. The molecule has 2 heterocycles. The van der Waals surface area contributed by atoms with Crippen molar-refractivity contribution in [3.05, 3.63) is 79.3 Å². The summed E-state index contributed by atoms with van der Waals surface area (Å²) in [5.74, 6) is -0.151. The summed E-state index contributed by atoms with van der Waals surface area (Å²) in [6.45, 7) is 5.41. The zero-order valence-corrected chi connectivity index (χ0v) is 20.6. The molecule has 35 heavy (non-hydrogen) atoms. The van der Waals surface area contributed by atoms with Crippen LogP contribution in [0.4, 0.5) is 5.00 Å². The Bertz CT molecular complexity index is 1570. The maximum Gasteiger partial charge on any atom is 0.262 e. The van der Waals surface area contributed by atoms with Gasteiger partial charge < -0.3 is 14.5 Å². The minimum Gasteiger partial charge on any atom is -0.476 e. The predicted octanol–water partition coefficient (Wildman–Crippen LogP) is 5.82. The average molecular weight is 485 g/mol. The van der Waals surface area contributed by atoms with E-state index in [0.29, 0.717) is 27.1 Å². The van der Waals surface area contributed by atoms with Crippen molar-refractivity contribution in [1.82, 2.24) is 0 Å². The molecule has 0 unspecified atom stereocenters. The molecule has 0 aliphatic heterocycles. The quantitative estimate of drug-likeness (QED) is 0.385. The third kappa shape index (κ3) is 4.22. The molecule has 0 bridgehead atoms. The van der Waals surface area contributed by atoms with E-state index in [1.54, 1.807) is 6.07 Å². The molecule has 0 fully saturated rings. The molecule has 1 aliphatic rings. The van der Waals surface area contributed by atoms with Crippen LogP contribution in [-0.4, -0.2) is 12.5 Å². The first-order valence-electron chi connectivity index (χ1n) is 11.5. The van der Waals surface area contributed by atoms with Crippen molar-refractivity contribution in [1.29, 1.82) is 5.26 Å². The van der Waals surface area contributed by atoms with Crippen LogP contribution in [0, 0.1) is 32.1 Å². The fraction of sp³-hybridized carbons (Fsp3) is 0.250. The monoisotopic (exact) mass is 484 g/mol. The Hall–Kier alpha value is -3.89. The molecule has 5 rings (SSSR count). The highest BCUT2D eigenvalue weighted by Gasteiger charge is 2.24. The number of benzene rings is 2. The van der Waals surface area contributed by atoms with Crippen LogP contribution in [0.25, 0.3) is 22.3 Å². The zero-order chi connectivity index (χ0) is 24.7. The summed E-state index contributed by atoms with van der Waals surface area (Å²) in [4.78, 5) is 27.4. The van der Waals surface area contributed by atoms with Gasteiger partial charge in [-0.25, -0.2) is 0 Å². The van der Waals surface area contributed by atoms with E-state index in [-0.39, 0.29) is 23.5 Å². The number of hydrogen-bond donors (Lipinski definition) is 1. The molecule has 6 nitrogen and oxygen atoms in total. The van der Waals surface area contributed by atoms with Crippen LogP contribution in [0.2, 0.25) is 0 Å². The molecule has 0 saturated carbocycles. The Balaban J connectivity index is 1.49. The maximum atomic E-state index is 13.5. The largest absolute Gasteiger partial charge is 0.476 e. The second kappa shape index (κ2) is 9.05. The standard InChI is InChI=1S/C28H24N2O4S/c1-15-7-9-18(10-8-15)26-27(24(32)20-12-16(2)11-17(3)25(20)34-26)33-14-23(31)30-28-21(13-29)19-5-4-6-22(19)35-28/h7-12H,4-6,14H2,1-3H3,(H,30,31). The summed E-state index contributed by atoms with van der Waals surface area (Å²) in [5.41, 5.74) is 5.29. The number of nitrogens with zero attached hydrogens (tertiary/aromatic N) is 1. The molecule has 0 spiro atoms.